The third kappa shape index (κ3) is 4.04. The van der Waals surface area contributed by atoms with Gasteiger partial charge < -0.3 is 4.90 Å². The maximum Gasteiger partial charge on any atom is 0.227 e. The van der Waals surface area contributed by atoms with E-state index >= 15 is 0 Å². The fourth-order valence-corrected chi connectivity index (χ4v) is 3.82. The highest BCUT2D eigenvalue weighted by molar-refractivity contribution is 9.10. The van der Waals surface area contributed by atoms with Crippen molar-refractivity contribution >= 4 is 31.9 Å². The summed E-state index contributed by atoms with van der Waals surface area (Å²) >= 11 is 3.41. The van der Waals surface area contributed by atoms with Crippen molar-refractivity contribution < 1.29 is 13.2 Å². The van der Waals surface area contributed by atoms with E-state index in [1.807, 2.05) is 24.3 Å². The van der Waals surface area contributed by atoms with Gasteiger partial charge in [0, 0.05) is 17.1 Å². The molecule has 1 aliphatic rings. The Morgan fingerprint density at radius 1 is 1.40 bits per heavy atom. The fourth-order valence-electron chi connectivity index (χ4n) is 2.51. The summed E-state index contributed by atoms with van der Waals surface area (Å²) in [4.78, 5) is 14.0. The molecule has 2 rings (SSSR count). The number of nitrogens with two attached hydrogens (primary N) is 1. The van der Waals surface area contributed by atoms with Crippen LogP contribution in [-0.4, -0.2) is 37.6 Å². The van der Waals surface area contributed by atoms with Gasteiger partial charge in [0.1, 0.15) is 0 Å². The SMILES string of the molecule is NS(=O)(=O)CC1CCCN1C(=O)Cc1ccccc1Br. The molecule has 110 valence electrons. The topological polar surface area (TPSA) is 80.5 Å². The molecule has 1 atom stereocenters. The molecular weight excluding hydrogens is 344 g/mol. The molecule has 20 heavy (non-hydrogen) atoms. The molecule has 1 aromatic carbocycles. The number of hydrogen-bond acceptors (Lipinski definition) is 3. The van der Waals surface area contributed by atoms with Gasteiger partial charge in [-0.2, -0.15) is 0 Å². The molecule has 0 saturated carbocycles. The van der Waals surface area contributed by atoms with Crippen LogP contribution in [0.25, 0.3) is 0 Å². The Bertz CT molecular complexity index is 603. The van der Waals surface area contributed by atoms with Gasteiger partial charge in [-0.25, -0.2) is 13.6 Å². The summed E-state index contributed by atoms with van der Waals surface area (Å²) in [5.74, 6) is -0.211. The number of sulfonamides is 1. The molecule has 0 spiro atoms. The van der Waals surface area contributed by atoms with E-state index in [4.69, 9.17) is 5.14 Å². The Kier molecular flexibility index (Phi) is 4.82. The van der Waals surface area contributed by atoms with Crippen LogP contribution in [0, 0.1) is 0 Å². The number of carbonyl (C=O) groups is 1. The second-order valence-corrected chi connectivity index (χ2v) is 7.49. The molecule has 0 aliphatic carbocycles. The van der Waals surface area contributed by atoms with Gasteiger partial charge in [0.05, 0.1) is 12.2 Å². The van der Waals surface area contributed by atoms with Crippen molar-refractivity contribution in [3.05, 3.63) is 34.3 Å². The lowest BCUT2D eigenvalue weighted by molar-refractivity contribution is -0.130. The van der Waals surface area contributed by atoms with Crippen molar-refractivity contribution in [3.63, 3.8) is 0 Å². The highest BCUT2D eigenvalue weighted by Gasteiger charge is 2.31. The Morgan fingerprint density at radius 3 is 2.75 bits per heavy atom. The monoisotopic (exact) mass is 360 g/mol. The van der Waals surface area contributed by atoms with Crippen LogP contribution in [0.1, 0.15) is 18.4 Å². The van der Waals surface area contributed by atoms with Gasteiger partial charge in [-0.05, 0) is 24.5 Å². The van der Waals surface area contributed by atoms with E-state index < -0.39 is 10.0 Å². The van der Waals surface area contributed by atoms with Gasteiger partial charge in [-0.1, -0.05) is 34.1 Å². The molecule has 5 nitrogen and oxygen atoms in total. The van der Waals surface area contributed by atoms with E-state index in [0.717, 1.165) is 16.5 Å². The maximum absolute atomic E-state index is 12.3. The first-order valence-electron chi connectivity index (χ1n) is 6.40. The second-order valence-electron chi connectivity index (χ2n) is 4.98. The van der Waals surface area contributed by atoms with Crippen LogP contribution in [-0.2, 0) is 21.2 Å². The van der Waals surface area contributed by atoms with Crippen molar-refractivity contribution in [2.45, 2.75) is 25.3 Å². The van der Waals surface area contributed by atoms with E-state index in [1.165, 1.54) is 0 Å². The van der Waals surface area contributed by atoms with Crippen LogP contribution in [0.4, 0.5) is 0 Å². The summed E-state index contributed by atoms with van der Waals surface area (Å²) in [5.41, 5.74) is 0.902. The van der Waals surface area contributed by atoms with Gasteiger partial charge in [0.25, 0.3) is 0 Å². The molecule has 1 aromatic rings. The zero-order valence-electron chi connectivity index (χ0n) is 11.0. The molecule has 0 radical (unpaired) electrons. The van der Waals surface area contributed by atoms with Crippen LogP contribution >= 0.6 is 15.9 Å². The molecular formula is C13H17BrN2O3S. The van der Waals surface area contributed by atoms with Crippen LogP contribution in [0.3, 0.4) is 0 Å². The van der Waals surface area contributed by atoms with Crippen molar-refractivity contribution in [2.75, 3.05) is 12.3 Å². The molecule has 7 heteroatoms. The zero-order chi connectivity index (χ0) is 14.8. The Labute approximate surface area is 127 Å². The molecule has 2 N–H and O–H groups in total. The largest absolute Gasteiger partial charge is 0.338 e. The first-order valence-corrected chi connectivity index (χ1v) is 8.91. The van der Waals surface area contributed by atoms with Crippen molar-refractivity contribution in [1.82, 2.24) is 4.90 Å². The molecule has 1 fully saturated rings. The number of amides is 1. The van der Waals surface area contributed by atoms with E-state index in [0.29, 0.717) is 13.0 Å². The smallest absolute Gasteiger partial charge is 0.227 e. The van der Waals surface area contributed by atoms with Crippen molar-refractivity contribution in [1.29, 1.82) is 0 Å². The summed E-state index contributed by atoms with van der Waals surface area (Å²) in [6, 6.07) is 7.23. The average molecular weight is 361 g/mol. The van der Waals surface area contributed by atoms with Crippen molar-refractivity contribution in [3.8, 4) is 0 Å². The third-order valence-electron chi connectivity index (χ3n) is 3.42. The van der Waals surface area contributed by atoms with Gasteiger partial charge >= 0.3 is 0 Å². The minimum absolute atomic E-state index is 0.0527. The number of likely N-dealkylation sites (tertiary alicyclic amines) is 1. The lowest BCUT2D eigenvalue weighted by Gasteiger charge is -2.24. The van der Waals surface area contributed by atoms with Gasteiger partial charge in [-0.15, -0.1) is 0 Å². The van der Waals surface area contributed by atoms with E-state index in [-0.39, 0.29) is 24.1 Å². The first-order chi connectivity index (χ1) is 9.37. The quantitative estimate of drug-likeness (QED) is 0.877. The normalized spacial score (nSPS) is 19.3. The van der Waals surface area contributed by atoms with Crippen molar-refractivity contribution in [2.24, 2.45) is 5.14 Å². The summed E-state index contributed by atoms with van der Waals surface area (Å²) in [5, 5.41) is 5.08. The number of rotatable bonds is 4. The standard InChI is InChI=1S/C13H17BrN2O3S/c14-12-6-2-1-4-10(12)8-13(17)16-7-3-5-11(16)9-20(15,18)19/h1-2,4,6,11H,3,5,7-9H2,(H2,15,18,19). The van der Waals surface area contributed by atoms with Gasteiger partial charge in [0.2, 0.25) is 15.9 Å². The van der Waals surface area contributed by atoms with Crippen LogP contribution in [0.5, 0.6) is 0 Å². The van der Waals surface area contributed by atoms with Gasteiger partial charge in [-0.3, -0.25) is 4.79 Å². The summed E-state index contributed by atoms with van der Waals surface area (Å²) in [6.45, 7) is 0.601. The van der Waals surface area contributed by atoms with E-state index in [1.54, 1.807) is 4.90 Å². The van der Waals surface area contributed by atoms with E-state index in [2.05, 4.69) is 15.9 Å². The Hall–Kier alpha value is -0.920. The molecule has 1 saturated heterocycles. The highest BCUT2D eigenvalue weighted by Crippen LogP contribution is 2.22. The second kappa shape index (κ2) is 6.24. The van der Waals surface area contributed by atoms with Crippen LogP contribution in [0.15, 0.2) is 28.7 Å². The number of halogens is 1. The van der Waals surface area contributed by atoms with Gasteiger partial charge in [0.15, 0.2) is 0 Å². The number of benzene rings is 1. The molecule has 0 bridgehead atoms. The summed E-state index contributed by atoms with van der Waals surface area (Å²) in [6.07, 6.45) is 1.78. The lowest BCUT2D eigenvalue weighted by Crippen LogP contribution is -2.41. The molecule has 1 aliphatic heterocycles. The summed E-state index contributed by atoms with van der Waals surface area (Å²) < 4.78 is 23.3. The maximum atomic E-state index is 12.3. The van der Waals surface area contributed by atoms with Crippen LogP contribution in [0.2, 0.25) is 0 Å². The minimum Gasteiger partial charge on any atom is -0.338 e. The highest BCUT2D eigenvalue weighted by atomic mass is 79.9. The van der Waals surface area contributed by atoms with E-state index in [9.17, 15) is 13.2 Å². The number of nitrogens with zero attached hydrogens (tertiary/aromatic N) is 1. The van der Waals surface area contributed by atoms with Crippen LogP contribution < -0.4 is 5.14 Å². The average Bonchev–Trinajstić information content (AvgIpc) is 2.77. The Morgan fingerprint density at radius 2 is 2.10 bits per heavy atom. The number of primary sulfonamides is 1. The fraction of sp³-hybridized carbons (Fsp3) is 0.462. The zero-order valence-corrected chi connectivity index (χ0v) is 13.4. The third-order valence-corrected chi connectivity index (χ3v) is 5.04. The molecule has 0 aromatic heterocycles. The lowest BCUT2D eigenvalue weighted by atomic mass is 10.1. The predicted octanol–water partition coefficient (Wildman–Crippen LogP) is 1.27. The number of carbonyl (C=O) groups excluding carboxylic acids is 1. The number of hydrogen-bond donors (Lipinski definition) is 1. The molecule has 1 amide bonds. The summed E-state index contributed by atoms with van der Waals surface area (Å²) in [7, 11) is -3.56. The minimum atomic E-state index is -3.56. The Balaban J connectivity index is 2.07. The molecule has 1 unspecified atom stereocenters. The molecule has 1 heterocycles. The predicted molar refractivity (Wildman–Crippen MR) is 80.6 cm³/mol. The first kappa shape index (κ1) is 15.5.